The van der Waals surface area contributed by atoms with Crippen molar-refractivity contribution in [2.75, 3.05) is 18.9 Å². The van der Waals surface area contributed by atoms with Crippen LogP contribution >= 0.6 is 11.8 Å². The van der Waals surface area contributed by atoms with Crippen LogP contribution in [0.15, 0.2) is 0 Å². The normalized spacial score (nSPS) is 27.4. The minimum absolute atomic E-state index is 0.372. The van der Waals surface area contributed by atoms with Gasteiger partial charge < -0.3 is 10.1 Å². The fourth-order valence-corrected chi connectivity index (χ4v) is 2.84. The highest BCUT2D eigenvalue weighted by Crippen LogP contribution is 2.25. The second-order valence-electron chi connectivity index (χ2n) is 4.30. The molecule has 0 aromatic carbocycles. The number of ether oxygens (including phenoxy) is 1. The van der Waals surface area contributed by atoms with Gasteiger partial charge in [-0.1, -0.05) is 6.92 Å². The van der Waals surface area contributed by atoms with Gasteiger partial charge in [-0.05, 0) is 33.2 Å². The Labute approximate surface area is 92.2 Å². The van der Waals surface area contributed by atoms with E-state index >= 15 is 0 Å². The molecule has 1 heterocycles. The first-order valence-electron chi connectivity index (χ1n) is 5.65. The molecule has 2 atom stereocenters. The Morgan fingerprint density at radius 2 is 2.29 bits per heavy atom. The summed E-state index contributed by atoms with van der Waals surface area (Å²) in [5, 5.41) is 4.43. The van der Waals surface area contributed by atoms with Crippen molar-refractivity contribution < 1.29 is 4.74 Å². The van der Waals surface area contributed by atoms with Crippen molar-refractivity contribution >= 4 is 11.8 Å². The number of hydrogen-bond acceptors (Lipinski definition) is 3. The number of rotatable bonds is 6. The van der Waals surface area contributed by atoms with Crippen molar-refractivity contribution in [1.29, 1.82) is 0 Å². The second-order valence-corrected chi connectivity index (χ2v) is 5.78. The average molecular weight is 217 g/mol. The molecule has 2 unspecified atom stereocenters. The molecule has 0 aromatic heterocycles. The van der Waals surface area contributed by atoms with Gasteiger partial charge in [-0.3, -0.25) is 0 Å². The smallest absolute Gasteiger partial charge is 0.0518 e. The van der Waals surface area contributed by atoms with Gasteiger partial charge in [0.15, 0.2) is 0 Å². The van der Waals surface area contributed by atoms with E-state index in [1.807, 2.05) is 0 Å². The summed E-state index contributed by atoms with van der Waals surface area (Å²) in [6, 6.07) is 0.744. The van der Waals surface area contributed by atoms with Crippen LogP contribution < -0.4 is 5.32 Å². The molecule has 0 amide bonds. The molecule has 84 valence electrons. The third kappa shape index (κ3) is 5.23. The maximum absolute atomic E-state index is 5.48. The lowest BCUT2D eigenvalue weighted by atomic mass is 10.2. The first-order chi connectivity index (χ1) is 6.68. The molecule has 1 rings (SSSR count). The lowest BCUT2D eigenvalue weighted by Crippen LogP contribution is -2.30. The first-order valence-corrected chi connectivity index (χ1v) is 6.70. The van der Waals surface area contributed by atoms with Gasteiger partial charge in [0.05, 0.1) is 6.10 Å². The minimum Gasteiger partial charge on any atom is -0.379 e. The van der Waals surface area contributed by atoms with Crippen LogP contribution in [0.2, 0.25) is 0 Å². The molecule has 0 aliphatic carbocycles. The minimum atomic E-state index is 0.372. The fourth-order valence-electron chi connectivity index (χ4n) is 1.66. The van der Waals surface area contributed by atoms with Gasteiger partial charge in [0.25, 0.3) is 0 Å². The Morgan fingerprint density at radius 3 is 2.86 bits per heavy atom. The number of thioether (sulfide) groups is 1. The molecule has 1 saturated heterocycles. The molecule has 1 N–H and O–H groups in total. The highest BCUT2D eigenvalue weighted by atomic mass is 32.2. The van der Waals surface area contributed by atoms with Crippen molar-refractivity contribution in [1.82, 2.24) is 5.32 Å². The summed E-state index contributed by atoms with van der Waals surface area (Å²) < 4.78 is 5.48. The monoisotopic (exact) mass is 217 g/mol. The molecule has 0 saturated carbocycles. The predicted octanol–water partition coefficient (Wildman–Crippen LogP) is 2.29. The lowest BCUT2D eigenvalue weighted by molar-refractivity contribution is 0.0768. The SMILES string of the molecule is CC(C)OCCCNC1CSC(C)C1. The standard InChI is InChI=1S/C11H23NOS/c1-9(2)13-6-4-5-12-11-7-10(3)14-8-11/h9-12H,4-8H2,1-3H3. The van der Waals surface area contributed by atoms with Crippen molar-refractivity contribution in [2.24, 2.45) is 0 Å². The molecule has 0 aromatic rings. The molecule has 0 bridgehead atoms. The number of nitrogens with one attached hydrogen (secondary N) is 1. The molecule has 1 aliphatic heterocycles. The summed E-state index contributed by atoms with van der Waals surface area (Å²) in [7, 11) is 0. The number of hydrogen-bond donors (Lipinski definition) is 1. The van der Waals surface area contributed by atoms with E-state index in [0.717, 1.165) is 30.9 Å². The van der Waals surface area contributed by atoms with Gasteiger partial charge in [-0.2, -0.15) is 11.8 Å². The molecule has 2 nitrogen and oxygen atoms in total. The molecule has 0 radical (unpaired) electrons. The Hall–Kier alpha value is 0.270. The van der Waals surface area contributed by atoms with E-state index in [9.17, 15) is 0 Å². The fraction of sp³-hybridized carbons (Fsp3) is 1.00. The van der Waals surface area contributed by atoms with Gasteiger partial charge in [-0.15, -0.1) is 0 Å². The third-order valence-corrected chi connectivity index (χ3v) is 3.76. The van der Waals surface area contributed by atoms with Crippen LogP contribution in [0.1, 0.15) is 33.6 Å². The zero-order valence-electron chi connectivity index (χ0n) is 9.58. The molecule has 3 heteroatoms. The molecular weight excluding hydrogens is 194 g/mol. The Bertz CT molecular complexity index is 152. The highest BCUT2D eigenvalue weighted by molar-refractivity contribution is 8.00. The van der Waals surface area contributed by atoms with Crippen LogP contribution in [0.4, 0.5) is 0 Å². The predicted molar refractivity (Wildman–Crippen MR) is 64.0 cm³/mol. The summed E-state index contributed by atoms with van der Waals surface area (Å²) in [5.74, 6) is 1.28. The first kappa shape index (κ1) is 12.3. The molecule has 1 fully saturated rings. The molecule has 0 spiro atoms. The van der Waals surface area contributed by atoms with E-state index in [-0.39, 0.29) is 0 Å². The van der Waals surface area contributed by atoms with Gasteiger partial charge in [0.2, 0.25) is 0 Å². The Balaban J connectivity index is 1.89. The van der Waals surface area contributed by atoms with E-state index in [4.69, 9.17) is 4.74 Å². The van der Waals surface area contributed by atoms with E-state index < -0.39 is 0 Å². The Morgan fingerprint density at radius 1 is 1.50 bits per heavy atom. The highest BCUT2D eigenvalue weighted by Gasteiger charge is 2.20. The van der Waals surface area contributed by atoms with Gasteiger partial charge in [0, 0.05) is 23.7 Å². The maximum Gasteiger partial charge on any atom is 0.0518 e. The summed E-state index contributed by atoms with van der Waals surface area (Å²) in [6.45, 7) is 8.48. The van der Waals surface area contributed by atoms with Crippen LogP contribution in [0.5, 0.6) is 0 Å². The second kappa shape index (κ2) is 6.70. The quantitative estimate of drug-likeness (QED) is 0.690. The van der Waals surface area contributed by atoms with Gasteiger partial charge >= 0.3 is 0 Å². The Kier molecular flexibility index (Phi) is 5.90. The van der Waals surface area contributed by atoms with Gasteiger partial charge in [-0.25, -0.2) is 0 Å². The van der Waals surface area contributed by atoms with E-state index in [1.54, 1.807) is 0 Å². The maximum atomic E-state index is 5.48. The lowest BCUT2D eigenvalue weighted by Gasteiger charge is -2.12. The van der Waals surface area contributed by atoms with Crippen LogP contribution in [0.3, 0.4) is 0 Å². The van der Waals surface area contributed by atoms with Crippen molar-refractivity contribution in [3.63, 3.8) is 0 Å². The molecule has 1 aliphatic rings. The molecular formula is C11H23NOS. The van der Waals surface area contributed by atoms with Crippen LogP contribution in [-0.2, 0) is 4.74 Å². The topological polar surface area (TPSA) is 21.3 Å². The summed E-state index contributed by atoms with van der Waals surface area (Å²) in [6.07, 6.45) is 2.83. The van der Waals surface area contributed by atoms with Crippen molar-refractivity contribution in [2.45, 2.75) is 51.0 Å². The average Bonchev–Trinajstić information content (AvgIpc) is 2.50. The van der Waals surface area contributed by atoms with Crippen LogP contribution in [0, 0.1) is 0 Å². The summed E-state index contributed by atoms with van der Waals surface area (Å²) in [4.78, 5) is 0. The molecule has 14 heavy (non-hydrogen) atoms. The van der Waals surface area contributed by atoms with E-state index in [0.29, 0.717) is 6.10 Å². The van der Waals surface area contributed by atoms with Crippen LogP contribution in [-0.4, -0.2) is 36.3 Å². The van der Waals surface area contributed by atoms with E-state index in [2.05, 4.69) is 37.8 Å². The summed E-state index contributed by atoms with van der Waals surface area (Å²) >= 11 is 2.08. The van der Waals surface area contributed by atoms with Gasteiger partial charge in [0.1, 0.15) is 0 Å². The zero-order valence-corrected chi connectivity index (χ0v) is 10.4. The zero-order chi connectivity index (χ0) is 10.4. The summed E-state index contributed by atoms with van der Waals surface area (Å²) in [5.41, 5.74) is 0. The van der Waals surface area contributed by atoms with E-state index in [1.165, 1.54) is 12.2 Å². The largest absolute Gasteiger partial charge is 0.379 e. The van der Waals surface area contributed by atoms with Crippen molar-refractivity contribution in [3.05, 3.63) is 0 Å². The van der Waals surface area contributed by atoms with Crippen LogP contribution in [0.25, 0.3) is 0 Å². The van der Waals surface area contributed by atoms with Crippen molar-refractivity contribution in [3.8, 4) is 0 Å². The third-order valence-electron chi connectivity index (χ3n) is 2.40.